The molecule has 9 heteroatoms. The van der Waals surface area contributed by atoms with Gasteiger partial charge in [-0.1, -0.05) is 0 Å². The fraction of sp³-hybridized carbons (Fsp3) is 0.500. The van der Waals surface area contributed by atoms with Crippen LogP contribution < -0.4 is 4.72 Å². The quantitative estimate of drug-likeness (QED) is 0.565. The van der Waals surface area contributed by atoms with Crippen LogP contribution in [0.25, 0.3) is 0 Å². The van der Waals surface area contributed by atoms with Gasteiger partial charge in [-0.05, 0) is 32.0 Å². The number of nitrogens with one attached hydrogen (secondary N) is 1. The SMILES string of the molecule is CN(CCNS(=O)(=O)c1ccc(O)c([N+](=O)[O-])c1)C1CC1. The van der Waals surface area contributed by atoms with Gasteiger partial charge in [-0.25, -0.2) is 13.1 Å². The molecule has 1 aromatic rings. The summed E-state index contributed by atoms with van der Waals surface area (Å²) in [6.45, 7) is 0.800. The standard InChI is InChI=1S/C12H17N3O5S/c1-14(9-2-3-9)7-6-13-21(19,20)10-4-5-12(16)11(8-10)15(17)18/h4-5,8-9,13,16H,2-3,6-7H2,1H3. The highest BCUT2D eigenvalue weighted by Gasteiger charge is 2.26. The first-order chi connectivity index (χ1) is 9.81. The van der Waals surface area contributed by atoms with Crippen molar-refractivity contribution in [2.45, 2.75) is 23.8 Å². The van der Waals surface area contributed by atoms with Gasteiger partial charge in [-0.15, -0.1) is 0 Å². The van der Waals surface area contributed by atoms with E-state index in [-0.39, 0.29) is 11.4 Å². The fourth-order valence-electron chi connectivity index (χ4n) is 1.95. The summed E-state index contributed by atoms with van der Waals surface area (Å²) in [4.78, 5) is 11.7. The first kappa shape index (κ1) is 15.7. The number of nitro groups is 1. The zero-order valence-electron chi connectivity index (χ0n) is 11.5. The van der Waals surface area contributed by atoms with Gasteiger partial charge >= 0.3 is 5.69 Å². The maximum Gasteiger partial charge on any atom is 0.312 e. The van der Waals surface area contributed by atoms with Gasteiger partial charge in [0.25, 0.3) is 0 Å². The molecule has 116 valence electrons. The van der Waals surface area contributed by atoms with Gasteiger partial charge in [-0.3, -0.25) is 10.1 Å². The molecule has 1 saturated carbocycles. The van der Waals surface area contributed by atoms with Crippen LogP contribution in [0.5, 0.6) is 5.75 Å². The number of nitro benzene ring substituents is 1. The van der Waals surface area contributed by atoms with E-state index in [1.807, 2.05) is 7.05 Å². The molecular weight excluding hydrogens is 298 g/mol. The van der Waals surface area contributed by atoms with Crippen LogP contribution in [0.15, 0.2) is 23.1 Å². The Morgan fingerprint density at radius 1 is 1.48 bits per heavy atom. The summed E-state index contributed by atoms with van der Waals surface area (Å²) < 4.78 is 26.5. The number of rotatable bonds is 7. The van der Waals surface area contributed by atoms with Crippen molar-refractivity contribution in [2.24, 2.45) is 0 Å². The van der Waals surface area contributed by atoms with Crippen molar-refractivity contribution in [3.63, 3.8) is 0 Å². The Kier molecular flexibility index (Phi) is 4.45. The first-order valence-electron chi connectivity index (χ1n) is 6.48. The zero-order chi connectivity index (χ0) is 15.6. The molecule has 2 rings (SSSR count). The fourth-order valence-corrected chi connectivity index (χ4v) is 2.99. The second-order valence-corrected chi connectivity index (χ2v) is 6.78. The number of hydrogen-bond acceptors (Lipinski definition) is 6. The average molecular weight is 315 g/mol. The third-order valence-corrected chi connectivity index (χ3v) is 4.84. The van der Waals surface area contributed by atoms with Crippen molar-refractivity contribution in [2.75, 3.05) is 20.1 Å². The largest absolute Gasteiger partial charge is 0.502 e. The number of sulfonamides is 1. The van der Waals surface area contributed by atoms with Gasteiger partial charge in [-0.2, -0.15) is 0 Å². The molecule has 1 aliphatic rings. The van der Waals surface area contributed by atoms with Crippen LogP contribution in [-0.2, 0) is 10.0 Å². The summed E-state index contributed by atoms with van der Waals surface area (Å²) in [5.41, 5.74) is -0.632. The Bertz CT molecular complexity index is 642. The van der Waals surface area contributed by atoms with Crippen molar-refractivity contribution < 1.29 is 18.4 Å². The lowest BCUT2D eigenvalue weighted by molar-refractivity contribution is -0.386. The van der Waals surface area contributed by atoms with Crippen molar-refractivity contribution >= 4 is 15.7 Å². The molecule has 1 aliphatic carbocycles. The molecule has 0 aliphatic heterocycles. The molecule has 1 aromatic carbocycles. The Balaban J connectivity index is 2.04. The maximum atomic E-state index is 12.1. The molecule has 0 spiro atoms. The maximum absolute atomic E-state index is 12.1. The first-order valence-corrected chi connectivity index (χ1v) is 7.97. The number of likely N-dealkylation sites (N-methyl/N-ethyl adjacent to an activating group) is 1. The molecule has 0 unspecified atom stereocenters. The van der Waals surface area contributed by atoms with E-state index in [9.17, 15) is 23.6 Å². The van der Waals surface area contributed by atoms with Gasteiger partial charge in [0.15, 0.2) is 5.75 Å². The molecule has 0 atom stereocenters. The molecule has 0 bridgehead atoms. The summed E-state index contributed by atoms with van der Waals surface area (Å²) in [6.07, 6.45) is 2.26. The predicted molar refractivity (Wildman–Crippen MR) is 75.6 cm³/mol. The zero-order valence-corrected chi connectivity index (χ0v) is 12.3. The highest BCUT2D eigenvalue weighted by molar-refractivity contribution is 7.89. The highest BCUT2D eigenvalue weighted by Crippen LogP contribution is 2.28. The smallest absolute Gasteiger partial charge is 0.312 e. The molecule has 2 N–H and O–H groups in total. The van der Waals surface area contributed by atoms with E-state index in [0.29, 0.717) is 12.6 Å². The highest BCUT2D eigenvalue weighted by atomic mass is 32.2. The van der Waals surface area contributed by atoms with E-state index in [2.05, 4.69) is 9.62 Å². The molecule has 0 aromatic heterocycles. The number of phenolic OH excluding ortho intramolecular Hbond substituents is 1. The van der Waals surface area contributed by atoms with E-state index in [4.69, 9.17) is 0 Å². The van der Waals surface area contributed by atoms with Crippen molar-refractivity contribution in [1.29, 1.82) is 0 Å². The van der Waals surface area contributed by atoms with E-state index in [0.717, 1.165) is 31.0 Å². The molecule has 0 radical (unpaired) electrons. The van der Waals surface area contributed by atoms with Crippen LogP contribution in [-0.4, -0.2) is 49.5 Å². The van der Waals surface area contributed by atoms with Gasteiger partial charge < -0.3 is 10.0 Å². The van der Waals surface area contributed by atoms with Crippen LogP contribution in [0.4, 0.5) is 5.69 Å². The second kappa shape index (κ2) is 5.96. The van der Waals surface area contributed by atoms with Gasteiger partial charge in [0.1, 0.15) is 0 Å². The Morgan fingerprint density at radius 3 is 2.71 bits per heavy atom. The lowest BCUT2D eigenvalue weighted by Gasteiger charge is -2.15. The lowest BCUT2D eigenvalue weighted by atomic mass is 10.3. The van der Waals surface area contributed by atoms with Crippen molar-refractivity contribution in [3.8, 4) is 5.75 Å². The van der Waals surface area contributed by atoms with E-state index in [1.165, 1.54) is 0 Å². The molecular formula is C12H17N3O5S. The number of aromatic hydroxyl groups is 1. The normalized spacial score (nSPS) is 15.3. The van der Waals surface area contributed by atoms with Crippen LogP contribution in [0.1, 0.15) is 12.8 Å². The van der Waals surface area contributed by atoms with Gasteiger partial charge in [0.2, 0.25) is 10.0 Å². The summed E-state index contributed by atoms with van der Waals surface area (Å²) in [7, 11) is -1.90. The molecule has 0 heterocycles. The Labute approximate surface area is 122 Å². The van der Waals surface area contributed by atoms with E-state index < -0.39 is 26.4 Å². The van der Waals surface area contributed by atoms with Gasteiger partial charge in [0.05, 0.1) is 9.82 Å². The van der Waals surface area contributed by atoms with Crippen LogP contribution in [0.3, 0.4) is 0 Å². The predicted octanol–water partition coefficient (Wildman–Crippen LogP) is 0.673. The summed E-state index contributed by atoms with van der Waals surface area (Å²) in [5.74, 6) is -0.563. The summed E-state index contributed by atoms with van der Waals surface area (Å²) >= 11 is 0. The molecule has 8 nitrogen and oxygen atoms in total. The summed E-state index contributed by atoms with van der Waals surface area (Å²) in [5, 5.41) is 20.0. The Hall–Kier alpha value is -1.71. The monoisotopic (exact) mass is 315 g/mol. The van der Waals surface area contributed by atoms with Crippen LogP contribution in [0, 0.1) is 10.1 Å². The molecule has 0 saturated heterocycles. The molecule has 21 heavy (non-hydrogen) atoms. The van der Waals surface area contributed by atoms with Crippen LogP contribution in [0.2, 0.25) is 0 Å². The van der Waals surface area contributed by atoms with Crippen LogP contribution >= 0.6 is 0 Å². The average Bonchev–Trinajstić information content (AvgIpc) is 3.22. The summed E-state index contributed by atoms with van der Waals surface area (Å²) in [6, 6.07) is 3.52. The van der Waals surface area contributed by atoms with E-state index >= 15 is 0 Å². The van der Waals surface area contributed by atoms with Gasteiger partial charge in [0, 0.05) is 25.2 Å². The Morgan fingerprint density at radius 2 is 2.14 bits per heavy atom. The van der Waals surface area contributed by atoms with E-state index in [1.54, 1.807) is 0 Å². The number of phenols is 1. The minimum atomic E-state index is -3.83. The third kappa shape index (κ3) is 3.90. The number of nitrogens with zero attached hydrogens (tertiary/aromatic N) is 2. The topological polar surface area (TPSA) is 113 Å². The molecule has 1 fully saturated rings. The minimum Gasteiger partial charge on any atom is -0.502 e. The number of benzene rings is 1. The second-order valence-electron chi connectivity index (χ2n) is 5.02. The number of hydrogen-bond donors (Lipinski definition) is 2. The van der Waals surface area contributed by atoms with Crippen molar-refractivity contribution in [1.82, 2.24) is 9.62 Å². The molecule has 0 amide bonds. The third-order valence-electron chi connectivity index (χ3n) is 3.38. The lowest BCUT2D eigenvalue weighted by Crippen LogP contribution is -2.34. The van der Waals surface area contributed by atoms with Crippen molar-refractivity contribution in [3.05, 3.63) is 28.3 Å². The minimum absolute atomic E-state index is 0.226.